The molecule has 2 aromatic rings. The van der Waals surface area contributed by atoms with Crippen molar-refractivity contribution in [1.29, 1.82) is 0 Å². The second-order valence-electron chi connectivity index (χ2n) is 4.29. The van der Waals surface area contributed by atoms with E-state index in [1.54, 1.807) is 25.1 Å². The third-order valence-electron chi connectivity index (χ3n) is 2.64. The Morgan fingerprint density at radius 1 is 1.20 bits per heavy atom. The molecule has 0 atom stereocenters. The van der Waals surface area contributed by atoms with Crippen molar-refractivity contribution < 1.29 is 12.8 Å². The highest BCUT2D eigenvalue weighted by Gasteiger charge is 2.17. The molecule has 20 heavy (non-hydrogen) atoms. The van der Waals surface area contributed by atoms with Gasteiger partial charge in [-0.15, -0.1) is 0 Å². The molecule has 0 amide bonds. The molecule has 0 unspecified atom stereocenters. The monoisotopic (exact) mass is 358 g/mol. The number of nitrogens with two attached hydrogens (primary N) is 1. The molecule has 0 radical (unpaired) electrons. The lowest BCUT2D eigenvalue weighted by atomic mass is 10.2. The van der Waals surface area contributed by atoms with Crippen LogP contribution < -0.4 is 10.5 Å². The molecule has 0 fully saturated rings. The van der Waals surface area contributed by atoms with Crippen molar-refractivity contribution in [2.24, 2.45) is 0 Å². The van der Waals surface area contributed by atoms with Gasteiger partial charge in [0.2, 0.25) is 0 Å². The molecule has 0 aliphatic carbocycles. The summed E-state index contributed by atoms with van der Waals surface area (Å²) in [6.45, 7) is 1.77. The van der Waals surface area contributed by atoms with Crippen LogP contribution in [0.5, 0.6) is 0 Å². The molecular weight excluding hydrogens is 347 g/mol. The van der Waals surface area contributed by atoms with Gasteiger partial charge in [-0.25, -0.2) is 12.8 Å². The van der Waals surface area contributed by atoms with Crippen LogP contribution in [0, 0.1) is 12.7 Å². The molecule has 2 rings (SSSR count). The predicted molar refractivity (Wildman–Crippen MR) is 80.5 cm³/mol. The van der Waals surface area contributed by atoms with Crippen molar-refractivity contribution in [3.05, 3.63) is 52.3 Å². The maximum Gasteiger partial charge on any atom is 0.262 e. The molecule has 3 N–H and O–H groups in total. The first-order valence-corrected chi connectivity index (χ1v) is 7.90. The predicted octanol–water partition coefficient (Wildman–Crippen LogP) is 3.28. The zero-order valence-electron chi connectivity index (χ0n) is 10.5. The molecular formula is C13H12BrFN2O2S. The van der Waals surface area contributed by atoms with Crippen LogP contribution in [-0.2, 0) is 10.0 Å². The maximum absolute atomic E-state index is 13.3. The van der Waals surface area contributed by atoms with E-state index in [1.807, 2.05) is 0 Å². The van der Waals surface area contributed by atoms with Crippen LogP contribution in [0.3, 0.4) is 0 Å². The Morgan fingerprint density at radius 2 is 1.90 bits per heavy atom. The van der Waals surface area contributed by atoms with Gasteiger partial charge in [0, 0.05) is 10.2 Å². The molecule has 0 saturated carbocycles. The van der Waals surface area contributed by atoms with Crippen LogP contribution in [0.25, 0.3) is 0 Å². The van der Waals surface area contributed by atoms with Crippen LogP contribution in [-0.4, -0.2) is 8.42 Å². The molecule has 0 aromatic heterocycles. The summed E-state index contributed by atoms with van der Waals surface area (Å²) in [6, 6.07) is 8.30. The van der Waals surface area contributed by atoms with Crippen molar-refractivity contribution in [2.75, 3.05) is 10.5 Å². The lowest BCUT2D eigenvalue weighted by Crippen LogP contribution is -2.14. The van der Waals surface area contributed by atoms with Gasteiger partial charge in [0.1, 0.15) is 5.82 Å². The first-order valence-electron chi connectivity index (χ1n) is 5.63. The topological polar surface area (TPSA) is 72.2 Å². The fourth-order valence-electron chi connectivity index (χ4n) is 1.68. The van der Waals surface area contributed by atoms with E-state index in [4.69, 9.17) is 5.73 Å². The normalized spacial score (nSPS) is 11.3. The Balaban J connectivity index is 2.40. The number of hydrogen-bond donors (Lipinski definition) is 2. The molecule has 7 heteroatoms. The smallest absolute Gasteiger partial charge is 0.262 e. The van der Waals surface area contributed by atoms with E-state index >= 15 is 0 Å². The average molecular weight is 359 g/mol. The summed E-state index contributed by atoms with van der Waals surface area (Å²) in [5.41, 5.74) is 6.68. The minimum atomic E-state index is -3.88. The summed E-state index contributed by atoms with van der Waals surface area (Å²) in [5, 5.41) is 0. The Labute approximate surface area is 125 Å². The minimum absolute atomic E-state index is 0.0536. The number of aryl methyl sites for hydroxylation is 1. The number of sulfonamides is 1. The van der Waals surface area contributed by atoms with Crippen molar-refractivity contribution in [3.8, 4) is 0 Å². The van der Waals surface area contributed by atoms with Gasteiger partial charge in [-0.05, 0) is 48.9 Å². The summed E-state index contributed by atoms with van der Waals surface area (Å²) < 4.78 is 40.9. The van der Waals surface area contributed by atoms with E-state index in [2.05, 4.69) is 20.7 Å². The van der Waals surface area contributed by atoms with Gasteiger partial charge in [-0.1, -0.05) is 15.9 Å². The second kappa shape index (κ2) is 5.41. The van der Waals surface area contributed by atoms with Crippen molar-refractivity contribution in [2.45, 2.75) is 11.8 Å². The Morgan fingerprint density at radius 3 is 2.50 bits per heavy atom. The second-order valence-corrected chi connectivity index (χ2v) is 6.88. The van der Waals surface area contributed by atoms with E-state index in [0.29, 0.717) is 5.69 Å². The number of nitrogen functional groups attached to an aromatic ring is 1. The molecule has 0 bridgehead atoms. The van der Waals surface area contributed by atoms with Gasteiger partial charge in [-0.3, -0.25) is 4.72 Å². The van der Waals surface area contributed by atoms with E-state index in [9.17, 15) is 12.8 Å². The fraction of sp³-hybridized carbons (Fsp3) is 0.0769. The number of halogens is 2. The largest absolute Gasteiger partial charge is 0.399 e. The van der Waals surface area contributed by atoms with Crippen LogP contribution in [0.1, 0.15) is 5.56 Å². The van der Waals surface area contributed by atoms with Gasteiger partial charge in [0.25, 0.3) is 10.0 Å². The molecule has 2 aromatic carbocycles. The molecule has 0 heterocycles. The summed E-state index contributed by atoms with van der Waals surface area (Å²) in [7, 11) is -3.88. The average Bonchev–Trinajstić information content (AvgIpc) is 2.31. The summed E-state index contributed by atoms with van der Waals surface area (Å²) in [4.78, 5) is -0.211. The van der Waals surface area contributed by atoms with Gasteiger partial charge < -0.3 is 5.73 Å². The number of benzene rings is 2. The number of rotatable bonds is 3. The summed E-state index contributed by atoms with van der Waals surface area (Å²) in [5.74, 6) is -0.696. The van der Waals surface area contributed by atoms with Crippen LogP contribution in [0.15, 0.2) is 45.8 Å². The Hall–Kier alpha value is -1.60. The minimum Gasteiger partial charge on any atom is -0.399 e. The standard InChI is InChI=1S/C13H12BrFN2O2S/c1-8-4-9(14)2-3-13(8)17-20(18,19)12-6-10(15)5-11(16)7-12/h2-7,17H,16H2,1H3. The number of hydrogen-bond acceptors (Lipinski definition) is 3. The van der Waals surface area contributed by atoms with Crippen molar-refractivity contribution >= 4 is 37.3 Å². The van der Waals surface area contributed by atoms with Crippen LogP contribution >= 0.6 is 15.9 Å². The van der Waals surface area contributed by atoms with Gasteiger partial charge in [0.15, 0.2) is 0 Å². The lowest BCUT2D eigenvalue weighted by Gasteiger charge is -2.11. The lowest BCUT2D eigenvalue weighted by molar-refractivity contribution is 0.595. The first kappa shape index (κ1) is 14.8. The summed E-state index contributed by atoms with van der Waals surface area (Å²) in [6.07, 6.45) is 0. The van der Waals surface area contributed by atoms with Gasteiger partial charge in [0.05, 0.1) is 10.6 Å². The summed E-state index contributed by atoms with van der Waals surface area (Å²) >= 11 is 3.30. The molecule has 0 saturated heterocycles. The first-order chi connectivity index (χ1) is 9.28. The molecule has 0 spiro atoms. The van der Waals surface area contributed by atoms with Gasteiger partial charge >= 0.3 is 0 Å². The third-order valence-corrected chi connectivity index (χ3v) is 4.47. The van der Waals surface area contributed by atoms with Gasteiger partial charge in [-0.2, -0.15) is 0 Å². The highest BCUT2D eigenvalue weighted by atomic mass is 79.9. The SMILES string of the molecule is Cc1cc(Br)ccc1NS(=O)(=O)c1cc(N)cc(F)c1. The highest BCUT2D eigenvalue weighted by molar-refractivity contribution is 9.10. The zero-order valence-corrected chi connectivity index (χ0v) is 12.9. The molecule has 106 valence electrons. The van der Waals surface area contributed by atoms with Crippen LogP contribution in [0.4, 0.5) is 15.8 Å². The van der Waals surface area contributed by atoms with Crippen molar-refractivity contribution in [1.82, 2.24) is 0 Å². The third kappa shape index (κ3) is 3.29. The fourth-order valence-corrected chi connectivity index (χ4v) is 3.36. The van der Waals surface area contributed by atoms with Crippen LogP contribution in [0.2, 0.25) is 0 Å². The highest BCUT2D eigenvalue weighted by Crippen LogP contribution is 2.24. The van der Waals surface area contributed by atoms with E-state index in [-0.39, 0.29) is 10.6 Å². The molecule has 4 nitrogen and oxygen atoms in total. The number of anilines is 2. The molecule has 0 aliphatic rings. The quantitative estimate of drug-likeness (QED) is 0.827. The van der Waals surface area contributed by atoms with E-state index < -0.39 is 15.8 Å². The zero-order chi connectivity index (χ0) is 14.9. The maximum atomic E-state index is 13.3. The Bertz CT molecular complexity index is 743. The Kier molecular flexibility index (Phi) is 4.01. The van der Waals surface area contributed by atoms with Crippen molar-refractivity contribution in [3.63, 3.8) is 0 Å². The van der Waals surface area contributed by atoms with E-state index in [1.165, 1.54) is 6.07 Å². The molecule has 0 aliphatic heterocycles. The number of nitrogens with one attached hydrogen (secondary N) is 1. The van der Waals surface area contributed by atoms with E-state index in [0.717, 1.165) is 22.2 Å².